The molecule has 0 bridgehead atoms. The van der Waals surface area contributed by atoms with E-state index >= 15 is 0 Å². The molecule has 2 aromatic carbocycles. The fourth-order valence-electron chi connectivity index (χ4n) is 5.10. The molecule has 194 valence electrons. The van der Waals surface area contributed by atoms with E-state index in [0.717, 1.165) is 31.6 Å². The van der Waals surface area contributed by atoms with Crippen molar-refractivity contribution in [3.05, 3.63) is 83.8 Å². The molecule has 1 fully saturated rings. The lowest BCUT2D eigenvalue weighted by Crippen LogP contribution is -2.46. The van der Waals surface area contributed by atoms with E-state index in [-0.39, 0.29) is 11.7 Å². The molecule has 4 heterocycles. The van der Waals surface area contributed by atoms with Crippen molar-refractivity contribution in [1.82, 2.24) is 35.8 Å². The van der Waals surface area contributed by atoms with Crippen LogP contribution in [-0.2, 0) is 5.54 Å². The molecule has 6 rings (SSSR count). The molecule has 4 N–H and O–H groups in total. The number of aromatic nitrogens is 5. The largest absolute Gasteiger partial charge is 0.493 e. The maximum atomic E-state index is 14.5. The second-order valence-electron chi connectivity index (χ2n) is 9.45. The lowest BCUT2D eigenvalue weighted by Gasteiger charge is -2.37. The highest BCUT2D eigenvalue weighted by Crippen LogP contribution is 2.35. The van der Waals surface area contributed by atoms with Crippen LogP contribution in [0.3, 0.4) is 0 Å². The number of carbonyl (C=O) groups excluding carboxylic acids is 1. The maximum absolute atomic E-state index is 14.5. The summed E-state index contributed by atoms with van der Waals surface area (Å²) >= 11 is 0. The average molecular weight is 515 g/mol. The number of nitrogens with zero attached hydrogens (tertiary/aromatic N) is 4. The molecule has 0 spiro atoms. The van der Waals surface area contributed by atoms with Gasteiger partial charge in [0.1, 0.15) is 23.6 Å². The molecule has 0 aliphatic carbocycles. The van der Waals surface area contributed by atoms with E-state index in [9.17, 15) is 9.18 Å². The number of benzene rings is 2. The van der Waals surface area contributed by atoms with Crippen LogP contribution in [0.5, 0.6) is 5.75 Å². The normalized spacial score (nSPS) is 18.2. The van der Waals surface area contributed by atoms with Gasteiger partial charge >= 0.3 is 0 Å². The van der Waals surface area contributed by atoms with E-state index in [1.54, 1.807) is 30.5 Å². The zero-order valence-corrected chi connectivity index (χ0v) is 20.6. The van der Waals surface area contributed by atoms with Gasteiger partial charge in [-0.15, -0.1) is 0 Å². The first-order chi connectivity index (χ1) is 18.6. The third-order valence-corrected chi connectivity index (χ3v) is 7.05. The number of aromatic amines is 1. The number of piperidine rings is 1. The Bertz CT molecular complexity index is 1440. The first kappa shape index (κ1) is 24.0. The van der Waals surface area contributed by atoms with Crippen LogP contribution in [0.4, 0.5) is 10.1 Å². The fourth-order valence-corrected chi connectivity index (χ4v) is 5.10. The number of H-pyrrole nitrogens is 1. The molecule has 1 atom stereocenters. The summed E-state index contributed by atoms with van der Waals surface area (Å²) in [7, 11) is 0. The number of fused-ring (bicyclic) bond motifs is 1. The van der Waals surface area contributed by atoms with Crippen LogP contribution in [-0.4, -0.2) is 50.8 Å². The fraction of sp³-hybridized carbons (Fsp3) is 0.296. The minimum Gasteiger partial charge on any atom is -0.493 e. The van der Waals surface area contributed by atoms with Crippen molar-refractivity contribution in [2.45, 2.75) is 30.8 Å². The van der Waals surface area contributed by atoms with Crippen molar-refractivity contribution in [2.24, 2.45) is 0 Å². The van der Waals surface area contributed by atoms with Gasteiger partial charge in [-0.3, -0.25) is 9.89 Å². The summed E-state index contributed by atoms with van der Waals surface area (Å²) < 4.78 is 20.1. The van der Waals surface area contributed by atoms with Crippen molar-refractivity contribution >= 4 is 11.6 Å². The molecular weight excluding hydrogens is 487 g/mol. The Balaban J connectivity index is 1.24. The molecule has 1 saturated heterocycles. The molecule has 38 heavy (non-hydrogen) atoms. The summed E-state index contributed by atoms with van der Waals surface area (Å²) in [5.74, 6) is 1.01. The van der Waals surface area contributed by atoms with Gasteiger partial charge in [-0.05, 0) is 62.3 Å². The summed E-state index contributed by atoms with van der Waals surface area (Å²) in [6.07, 6.45) is 5.14. The van der Waals surface area contributed by atoms with Gasteiger partial charge in [0, 0.05) is 23.9 Å². The van der Waals surface area contributed by atoms with Crippen molar-refractivity contribution in [1.29, 1.82) is 0 Å². The molecule has 10 nitrogen and oxygen atoms in total. The van der Waals surface area contributed by atoms with Crippen molar-refractivity contribution in [3.63, 3.8) is 0 Å². The summed E-state index contributed by atoms with van der Waals surface area (Å²) in [6.45, 7) is 2.00. The standard InChI is InChI=1S/C27H27FN8O2/c28-19-5-2-6-22-23(19)20(8-14-38-22)32-25(37)17-3-1-4-18(15-17)34-27(9-12-29-13-10-27)26-33-24(35-36-26)21-7-11-30-16-31-21/h1-7,11,15-16,20,29,34H,8-10,12-14H2,(H,32,37)(H,33,35,36)/t20-/m0/s1. The van der Waals surface area contributed by atoms with E-state index in [1.165, 1.54) is 12.4 Å². The van der Waals surface area contributed by atoms with Gasteiger partial charge in [0.15, 0.2) is 11.6 Å². The monoisotopic (exact) mass is 514 g/mol. The van der Waals surface area contributed by atoms with Crippen LogP contribution < -0.4 is 20.7 Å². The van der Waals surface area contributed by atoms with Crippen LogP contribution in [0.15, 0.2) is 61.1 Å². The number of halogens is 1. The maximum Gasteiger partial charge on any atom is 0.251 e. The average Bonchev–Trinajstić information content (AvgIpc) is 3.46. The summed E-state index contributed by atoms with van der Waals surface area (Å²) in [5.41, 5.74) is 1.76. The highest BCUT2D eigenvalue weighted by molar-refractivity contribution is 5.95. The van der Waals surface area contributed by atoms with Gasteiger partial charge in [-0.2, -0.15) is 5.10 Å². The number of nitrogens with one attached hydrogen (secondary N) is 4. The van der Waals surface area contributed by atoms with Crippen molar-refractivity contribution in [3.8, 4) is 17.3 Å². The lowest BCUT2D eigenvalue weighted by atomic mass is 9.87. The van der Waals surface area contributed by atoms with Gasteiger partial charge in [0.2, 0.25) is 0 Å². The van der Waals surface area contributed by atoms with E-state index < -0.39 is 11.6 Å². The quantitative estimate of drug-likeness (QED) is 0.308. The third kappa shape index (κ3) is 4.68. The van der Waals surface area contributed by atoms with Gasteiger partial charge in [0.05, 0.1) is 23.8 Å². The number of anilines is 1. The van der Waals surface area contributed by atoms with Crippen LogP contribution in [0.1, 0.15) is 47.1 Å². The number of amides is 1. The Morgan fingerprint density at radius 2 is 2.00 bits per heavy atom. The van der Waals surface area contributed by atoms with E-state index in [4.69, 9.17) is 9.72 Å². The number of ether oxygens (including phenoxy) is 1. The van der Waals surface area contributed by atoms with Crippen LogP contribution >= 0.6 is 0 Å². The highest BCUT2D eigenvalue weighted by Gasteiger charge is 2.37. The molecule has 4 aromatic rings. The topological polar surface area (TPSA) is 130 Å². The first-order valence-corrected chi connectivity index (χ1v) is 12.6. The molecule has 11 heteroatoms. The molecule has 1 amide bonds. The van der Waals surface area contributed by atoms with Crippen LogP contribution in [0.25, 0.3) is 11.5 Å². The van der Waals surface area contributed by atoms with Gasteiger partial charge in [0.25, 0.3) is 5.91 Å². The Labute approximate surface area is 218 Å². The van der Waals surface area contributed by atoms with Gasteiger partial charge in [-0.25, -0.2) is 19.3 Å². The number of carbonyl (C=O) groups is 1. The second-order valence-corrected chi connectivity index (χ2v) is 9.45. The minimum absolute atomic E-state index is 0.278. The third-order valence-electron chi connectivity index (χ3n) is 7.05. The molecule has 0 unspecified atom stereocenters. The summed E-state index contributed by atoms with van der Waals surface area (Å²) in [5, 5.41) is 17.5. The first-order valence-electron chi connectivity index (χ1n) is 12.6. The minimum atomic E-state index is -0.512. The van der Waals surface area contributed by atoms with Gasteiger partial charge < -0.3 is 20.7 Å². The second kappa shape index (κ2) is 10.2. The van der Waals surface area contributed by atoms with Crippen molar-refractivity contribution in [2.75, 3.05) is 25.0 Å². The Morgan fingerprint density at radius 1 is 1.13 bits per heavy atom. The number of rotatable bonds is 6. The summed E-state index contributed by atoms with van der Waals surface area (Å²) in [6, 6.07) is 13.3. The van der Waals surface area contributed by atoms with Crippen molar-refractivity contribution < 1.29 is 13.9 Å². The summed E-state index contributed by atoms with van der Waals surface area (Å²) in [4.78, 5) is 26.2. The van der Waals surface area contributed by atoms with E-state index in [2.05, 4.69) is 36.1 Å². The molecular formula is C27H27FN8O2. The molecule has 2 aliphatic rings. The highest BCUT2D eigenvalue weighted by atomic mass is 19.1. The molecule has 0 saturated carbocycles. The lowest BCUT2D eigenvalue weighted by molar-refractivity contribution is 0.0923. The zero-order chi connectivity index (χ0) is 26.0. The zero-order valence-electron chi connectivity index (χ0n) is 20.6. The SMILES string of the molecule is O=C(N[C@H]1CCOc2cccc(F)c21)c1cccc(NC2(c3nc(-c4ccncn4)n[nH]3)CCNCC2)c1. The smallest absolute Gasteiger partial charge is 0.251 e. The molecule has 2 aromatic heterocycles. The molecule has 0 radical (unpaired) electrons. The van der Waals surface area contributed by atoms with Gasteiger partial charge in [-0.1, -0.05) is 12.1 Å². The van der Waals surface area contributed by atoms with E-state index in [1.807, 2.05) is 18.2 Å². The number of hydrogen-bond acceptors (Lipinski definition) is 8. The van der Waals surface area contributed by atoms with Crippen LogP contribution in [0, 0.1) is 5.82 Å². The van der Waals surface area contributed by atoms with E-state index in [0.29, 0.717) is 47.2 Å². The number of hydrogen-bond donors (Lipinski definition) is 4. The molecule has 2 aliphatic heterocycles. The Kier molecular flexibility index (Phi) is 6.42. The Morgan fingerprint density at radius 3 is 2.84 bits per heavy atom. The Hall–Kier alpha value is -4.38. The predicted molar refractivity (Wildman–Crippen MR) is 138 cm³/mol. The van der Waals surface area contributed by atoms with Crippen LogP contribution in [0.2, 0.25) is 0 Å². The predicted octanol–water partition coefficient (Wildman–Crippen LogP) is 3.35.